The SMILES string of the molecule is CN(C)CCNC(=O)Nc1cccc2ccccc12.Cl. The van der Waals surface area contributed by atoms with Crippen molar-refractivity contribution in [3.05, 3.63) is 42.5 Å². The van der Waals surface area contributed by atoms with Crippen LogP contribution in [0.25, 0.3) is 10.8 Å². The smallest absolute Gasteiger partial charge is 0.319 e. The summed E-state index contributed by atoms with van der Waals surface area (Å²) < 4.78 is 0. The van der Waals surface area contributed by atoms with Crippen LogP contribution in [0, 0.1) is 0 Å². The number of benzene rings is 2. The molecule has 0 heterocycles. The van der Waals surface area contributed by atoms with Gasteiger partial charge < -0.3 is 15.5 Å². The van der Waals surface area contributed by atoms with E-state index in [0.717, 1.165) is 23.0 Å². The molecule has 0 aliphatic carbocycles. The van der Waals surface area contributed by atoms with Gasteiger partial charge in [-0.2, -0.15) is 0 Å². The van der Waals surface area contributed by atoms with E-state index in [9.17, 15) is 4.79 Å². The Morgan fingerprint density at radius 2 is 1.80 bits per heavy atom. The van der Waals surface area contributed by atoms with Gasteiger partial charge in [-0.25, -0.2) is 4.79 Å². The van der Waals surface area contributed by atoms with E-state index in [0.29, 0.717) is 6.54 Å². The van der Waals surface area contributed by atoms with Gasteiger partial charge in [0.25, 0.3) is 0 Å². The van der Waals surface area contributed by atoms with Gasteiger partial charge in [0.05, 0.1) is 5.69 Å². The van der Waals surface area contributed by atoms with Gasteiger partial charge in [0.2, 0.25) is 0 Å². The summed E-state index contributed by atoms with van der Waals surface area (Å²) in [5.41, 5.74) is 0.834. The summed E-state index contributed by atoms with van der Waals surface area (Å²) in [7, 11) is 3.95. The fourth-order valence-corrected chi connectivity index (χ4v) is 1.89. The van der Waals surface area contributed by atoms with Gasteiger partial charge in [0.15, 0.2) is 0 Å². The third kappa shape index (κ3) is 4.40. The number of anilines is 1. The maximum atomic E-state index is 11.8. The van der Waals surface area contributed by atoms with Gasteiger partial charge in [-0.1, -0.05) is 36.4 Å². The molecule has 2 N–H and O–H groups in total. The van der Waals surface area contributed by atoms with Crippen LogP contribution < -0.4 is 10.6 Å². The second-order valence-corrected chi connectivity index (χ2v) is 4.71. The Morgan fingerprint density at radius 3 is 2.55 bits per heavy atom. The first kappa shape index (κ1) is 16.3. The molecule has 20 heavy (non-hydrogen) atoms. The van der Waals surface area contributed by atoms with Crippen LogP contribution in [0.15, 0.2) is 42.5 Å². The highest BCUT2D eigenvalue weighted by Crippen LogP contribution is 2.22. The lowest BCUT2D eigenvalue weighted by Gasteiger charge is -2.12. The van der Waals surface area contributed by atoms with E-state index in [1.807, 2.05) is 61.5 Å². The predicted molar refractivity (Wildman–Crippen MR) is 86.8 cm³/mol. The summed E-state index contributed by atoms with van der Waals surface area (Å²) in [4.78, 5) is 13.8. The number of fused-ring (bicyclic) bond motifs is 1. The first-order valence-corrected chi connectivity index (χ1v) is 6.34. The van der Waals surface area contributed by atoms with Gasteiger partial charge in [-0.05, 0) is 25.5 Å². The molecule has 0 atom stereocenters. The molecule has 2 amide bonds. The molecule has 0 aliphatic rings. The van der Waals surface area contributed by atoms with E-state index in [-0.39, 0.29) is 18.4 Å². The Morgan fingerprint density at radius 1 is 1.10 bits per heavy atom. The van der Waals surface area contributed by atoms with E-state index in [4.69, 9.17) is 0 Å². The summed E-state index contributed by atoms with van der Waals surface area (Å²) in [5.74, 6) is 0. The quantitative estimate of drug-likeness (QED) is 0.910. The molecule has 0 radical (unpaired) electrons. The number of nitrogens with one attached hydrogen (secondary N) is 2. The van der Waals surface area contributed by atoms with E-state index in [1.165, 1.54) is 0 Å². The highest BCUT2D eigenvalue weighted by atomic mass is 35.5. The molecule has 0 saturated heterocycles. The summed E-state index contributed by atoms with van der Waals surface area (Å²) >= 11 is 0. The highest BCUT2D eigenvalue weighted by Gasteiger charge is 2.04. The molecule has 0 unspecified atom stereocenters. The topological polar surface area (TPSA) is 44.4 Å². The number of amides is 2. The van der Waals surface area contributed by atoms with Crippen LogP contribution in [0.4, 0.5) is 10.5 Å². The highest BCUT2D eigenvalue weighted by molar-refractivity contribution is 6.01. The number of nitrogens with zero attached hydrogens (tertiary/aromatic N) is 1. The summed E-state index contributed by atoms with van der Waals surface area (Å²) in [6.45, 7) is 1.45. The minimum absolute atomic E-state index is 0. The van der Waals surface area contributed by atoms with Crippen molar-refractivity contribution in [2.45, 2.75) is 0 Å². The van der Waals surface area contributed by atoms with Crippen LogP contribution >= 0.6 is 12.4 Å². The zero-order chi connectivity index (χ0) is 13.7. The second kappa shape index (κ2) is 7.72. The van der Waals surface area contributed by atoms with Crippen LogP contribution in [0.3, 0.4) is 0 Å². The number of halogens is 1. The van der Waals surface area contributed by atoms with Crippen molar-refractivity contribution in [2.75, 3.05) is 32.5 Å². The number of urea groups is 1. The number of rotatable bonds is 4. The molecule has 0 saturated carbocycles. The van der Waals surface area contributed by atoms with E-state index >= 15 is 0 Å². The minimum atomic E-state index is -0.168. The molecule has 108 valence electrons. The van der Waals surface area contributed by atoms with Crippen molar-refractivity contribution in [3.63, 3.8) is 0 Å². The molecule has 0 spiro atoms. The standard InChI is InChI=1S/C15H19N3O.ClH/c1-18(2)11-10-16-15(19)17-14-9-5-7-12-6-3-4-8-13(12)14;/h3-9H,10-11H2,1-2H3,(H2,16,17,19);1H. The van der Waals surface area contributed by atoms with Gasteiger partial charge in [-0.15, -0.1) is 12.4 Å². The molecule has 2 aromatic carbocycles. The van der Waals surface area contributed by atoms with Gasteiger partial charge >= 0.3 is 6.03 Å². The average molecular weight is 294 g/mol. The monoisotopic (exact) mass is 293 g/mol. The van der Waals surface area contributed by atoms with Gasteiger partial charge in [-0.3, -0.25) is 0 Å². The molecule has 0 fully saturated rings. The number of carbonyl (C=O) groups is 1. The first-order chi connectivity index (χ1) is 9.16. The zero-order valence-corrected chi connectivity index (χ0v) is 12.5. The summed E-state index contributed by atoms with van der Waals surface area (Å²) in [5, 5.41) is 7.89. The molecule has 0 aromatic heterocycles. The lowest BCUT2D eigenvalue weighted by atomic mass is 10.1. The van der Waals surface area contributed by atoms with Crippen molar-refractivity contribution in [1.82, 2.24) is 10.2 Å². The first-order valence-electron chi connectivity index (χ1n) is 6.34. The van der Waals surface area contributed by atoms with Gasteiger partial charge in [0, 0.05) is 18.5 Å². The molecule has 2 aromatic rings. The predicted octanol–water partition coefficient (Wildman–Crippen LogP) is 2.94. The van der Waals surface area contributed by atoms with E-state index in [1.54, 1.807) is 0 Å². The van der Waals surface area contributed by atoms with Crippen molar-refractivity contribution >= 4 is 34.9 Å². The molecule has 2 rings (SSSR count). The Balaban J connectivity index is 0.00000200. The zero-order valence-electron chi connectivity index (χ0n) is 11.7. The van der Waals surface area contributed by atoms with E-state index in [2.05, 4.69) is 10.6 Å². The Labute approximate surface area is 125 Å². The summed E-state index contributed by atoms with van der Waals surface area (Å²) in [6.07, 6.45) is 0. The fourth-order valence-electron chi connectivity index (χ4n) is 1.89. The lowest BCUT2D eigenvalue weighted by molar-refractivity contribution is 0.250. The van der Waals surface area contributed by atoms with Gasteiger partial charge in [0.1, 0.15) is 0 Å². The number of carbonyl (C=O) groups excluding carboxylic acids is 1. The maximum absolute atomic E-state index is 11.8. The number of hydrogen-bond acceptors (Lipinski definition) is 2. The molecule has 0 aliphatic heterocycles. The Bertz CT molecular complexity index is 567. The van der Waals surface area contributed by atoms with Crippen LogP contribution in [-0.2, 0) is 0 Å². The number of hydrogen-bond donors (Lipinski definition) is 2. The fraction of sp³-hybridized carbons (Fsp3) is 0.267. The average Bonchev–Trinajstić information content (AvgIpc) is 2.39. The van der Waals surface area contributed by atoms with Crippen molar-refractivity contribution in [1.29, 1.82) is 0 Å². The molecule has 5 heteroatoms. The largest absolute Gasteiger partial charge is 0.337 e. The maximum Gasteiger partial charge on any atom is 0.319 e. The van der Waals surface area contributed by atoms with E-state index < -0.39 is 0 Å². The third-order valence-corrected chi connectivity index (χ3v) is 2.88. The molecule has 4 nitrogen and oxygen atoms in total. The third-order valence-electron chi connectivity index (χ3n) is 2.88. The van der Waals surface area contributed by atoms with Crippen LogP contribution in [0.1, 0.15) is 0 Å². The summed E-state index contributed by atoms with van der Waals surface area (Å²) in [6, 6.07) is 13.7. The molecule has 0 bridgehead atoms. The van der Waals surface area contributed by atoms with Crippen molar-refractivity contribution in [2.24, 2.45) is 0 Å². The van der Waals surface area contributed by atoms with Crippen molar-refractivity contribution in [3.8, 4) is 0 Å². The Kier molecular flexibility index (Phi) is 6.28. The van der Waals surface area contributed by atoms with Crippen molar-refractivity contribution < 1.29 is 4.79 Å². The number of likely N-dealkylation sites (N-methyl/N-ethyl adjacent to an activating group) is 1. The second-order valence-electron chi connectivity index (χ2n) is 4.71. The molecular weight excluding hydrogens is 274 g/mol. The van der Waals surface area contributed by atoms with Crippen LogP contribution in [-0.4, -0.2) is 38.1 Å². The molecular formula is C15H20ClN3O. The Hall–Kier alpha value is -1.78. The normalized spacial score (nSPS) is 10.2. The van der Waals surface area contributed by atoms with Crippen LogP contribution in [0.2, 0.25) is 0 Å². The lowest BCUT2D eigenvalue weighted by Crippen LogP contribution is -2.34. The minimum Gasteiger partial charge on any atom is -0.337 e. The van der Waals surface area contributed by atoms with Crippen LogP contribution in [0.5, 0.6) is 0 Å².